The highest BCUT2D eigenvalue weighted by atomic mass is 16.1. The van der Waals surface area contributed by atoms with Gasteiger partial charge in [0.05, 0.1) is 12.7 Å². The molecule has 0 saturated heterocycles. The molecular weight excluding hydrogens is 242 g/mol. The van der Waals surface area contributed by atoms with Gasteiger partial charge in [-0.25, -0.2) is 0 Å². The number of carbonyl (C=O) groups is 1. The number of aryl methyl sites for hydroxylation is 1. The molecule has 0 N–H and O–H groups in total. The van der Waals surface area contributed by atoms with E-state index in [0.717, 1.165) is 24.1 Å². The number of aromatic nitrogens is 3. The number of carbonyl (C=O) groups excluding carboxylic acids is 1. The lowest BCUT2D eigenvalue weighted by atomic mass is 9.94. The smallest absolute Gasteiger partial charge is 0.251 e. The number of nitrogens with zero attached hydrogens (tertiary/aromatic N) is 3. The molecular formula is C14H15N3O2. The topological polar surface area (TPSA) is 56.9 Å². The third kappa shape index (κ3) is 2.12. The van der Waals surface area contributed by atoms with Crippen molar-refractivity contribution in [3.8, 4) is 0 Å². The van der Waals surface area contributed by atoms with Gasteiger partial charge < -0.3 is 4.57 Å². The van der Waals surface area contributed by atoms with Gasteiger partial charge >= 0.3 is 0 Å². The van der Waals surface area contributed by atoms with E-state index in [2.05, 4.69) is 5.10 Å². The molecule has 5 nitrogen and oxygen atoms in total. The van der Waals surface area contributed by atoms with Crippen LogP contribution in [0.2, 0.25) is 0 Å². The molecule has 3 rings (SSSR count). The van der Waals surface area contributed by atoms with Crippen LogP contribution in [0.5, 0.6) is 0 Å². The molecule has 5 heteroatoms. The minimum absolute atomic E-state index is 0.0581. The Kier molecular flexibility index (Phi) is 2.81. The molecule has 0 aliphatic heterocycles. The van der Waals surface area contributed by atoms with E-state index in [1.54, 1.807) is 21.5 Å². The van der Waals surface area contributed by atoms with Crippen molar-refractivity contribution >= 4 is 5.78 Å². The van der Waals surface area contributed by atoms with E-state index in [4.69, 9.17) is 0 Å². The normalized spacial score (nSPS) is 14.5. The third-order valence-corrected chi connectivity index (χ3v) is 3.51. The second kappa shape index (κ2) is 4.50. The lowest BCUT2D eigenvalue weighted by Gasteiger charge is -2.19. The van der Waals surface area contributed by atoms with Crippen molar-refractivity contribution in [2.24, 2.45) is 7.05 Å². The molecule has 0 bridgehead atoms. The highest BCUT2D eigenvalue weighted by Crippen LogP contribution is 2.20. The zero-order valence-electron chi connectivity index (χ0n) is 10.8. The molecule has 0 atom stereocenters. The van der Waals surface area contributed by atoms with E-state index >= 15 is 0 Å². The Morgan fingerprint density at radius 3 is 2.84 bits per heavy atom. The van der Waals surface area contributed by atoms with E-state index in [-0.39, 0.29) is 11.3 Å². The van der Waals surface area contributed by atoms with Gasteiger partial charge in [0, 0.05) is 42.6 Å². The summed E-state index contributed by atoms with van der Waals surface area (Å²) in [5.41, 5.74) is 2.48. The summed E-state index contributed by atoms with van der Waals surface area (Å²) in [5.74, 6) is 0.140. The first-order valence-electron chi connectivity index (χ1n) is 6.38. The summed E-state index contributed by atoms with van der Waals surface area (Å²) < 4.78 is 3.41. The van der Waals surface area contributed by atoms with E-state index < -0.39 is 0 Å². The van der Waals surface area contributed by atoms with Crippen LogP contribution in [0.3, 0.4) is 0 Å². The van der Waals surface area contributed by atoms with Crippen molar-refractivity contribution in [1.29, 1.82) is 0 Å². The first-order chi connectivity index (χ1) is 9.15. The highest BCUT2D eigenvalue weighted by Gasteiger charge is 2.20. The molecule has 0 aromatic carbocycles. The predicted molar refractivity (Wildman–Crippen MR) is 70.3 cm³/mol. The summed E-state index contributed by atoms with van der Waals surface area (Å²) in [4.78, 5) is 23.9. The number of pyridine rings is 1. The molecule has 0 amide bonds. The maximum absolute atomic E-state index is 12.0. The van der Waals surface area contributed by atoms with Crippen molar-refractivity contribution in [3.63, 3.8) is 0 Å². The van der Waals surface area contributed by atoms with E-state index in [0.29, 0.717) is 18.5 Å². The van der Waals surface area contributed by atoms with Crippen molar-refractivity contribution in [2.75, 3.05) is 0 Å². The van der Waals surface area contributed by atoms with E-state index in [1.165, 1.54) is 6.07 Å². The van der Waals surface area contributed by atoms with Crippen LogP contribution < -0.4 is 5.56 Å². The average Bonchev–Trinajstić information content (AvgIpc) is 2.79. The Labute approximate surface area is 110 Å². The van der Waals surface area contributed by atoms with Crippen molar-refractivity contribution in [2.45, 2.75) is 25.8 Å². The molecule has 2 aromatic heterocycles. The largest absolute Gasteiger partial charge is 0.307 e. The number of fused-ring (bicyclic) bond motifs is 1. The van der Waals surface area contributed by atoms with Crippen LogP contribution >= 0.6 is 0 Å². The Bertz CT molecular complexity index is 697. The highest BCUT2D eigenvalue weighted by molar-refractivity contribution is 5.97. The number of hydrogen-bond donors (Lipinski definition) is 0. The van der Waals surface area contributed by atoms with Crippen LogP contribution in [0.4, 0.5) is 0 Å². The van der Waals surface area contributed by atoms with E-state index in [1.807, 2.05) is 13.2 Å². The van der Waals surface area contributed by atoms with Crippen LogP contribution in [0.1, 0.15) is 34.5 Å². The second-order valence-electron chi connectivity index (χ2n) is 4.92. The monoisotopic (exact) mass is 257 g/mol. The van der Waals surface area contributed by atoms with Crippen LogP contribution in [0.25, 0.3) is 0 Å². The molecule has 0 radical (unpaired) electrons. The first-order valence-corrected chi connectivity index (χ1v) is 6.38. The fraction of sp³-hybridized carbons (Fsp3) is 0.357. The number of hydrogen-bond acceptors (Lipinski definition) is 3. The van der Waals surface area contributed by atoms with Gasteiger partial charge in [-0.3, -0.25) is 14.3 Å². The van der Waals surface area contributed by atoms with Crippen LogP contribution in [-0.2, 0) is 20.0 Å². The lowest BCUT2D eigenvalue weighted by Crippen LogP contribution is -2.28. The van der Waals surface area contributed by atoms with Crippen LogP contribution in [0, 0.1) is 0 Å². The van der Waals surface area contributed by atoms with Gasteiger partial charge in [0.25, 0.3) is 5.56 Å². The summed E-state index contributed by atoms with van der Waals surface area (Å²) in [6.45, 7) is 0.475. The molecule has 2 aromatic rings. The average molecular weight is 257 g/mol. The molecule has 98 valence electrons. The molecule has 19 heavy (non-hydrogen) atoms. The molecule has 0 saturated carbocycles. The Balaban J connectivity index is 2.07. The fourth-order valence-corrected chi connectivity index (χ4v) is 2.60. The van der Waals surface area contributed by atoms with Gasteiger partial charge in [-0.2, -0.15) is 5.10 Å². The van der Waals surface area contributed by atoms with Gasteiger partial charge in [0.2, 0.25) is 0 Å². The standard InChI is InChI=1S/C14H15N3O2/c1-16-8-10(7-15-16)9-17-12-3-2-4-13(18)11(12)5-6-14(17)19/h5-8H,2-4,9H2,1H3. The van der Waals surface area contributed by atoms with E-state index in [9.17, 15) is 9.59 Å². The Morgan fingerprint density at radius 1 is 1.26 bits per heavy atom. The zero-order valence-corrected chi connectivity index (χ0v) is 10.8. The van der Waals surface area contributed by atoms with Crippen molar-refractivity contribution < 1.29 is 4.79 Å². The third-order valence-electron chi connectivity index (χ3n) is 3.51. The van der Waals surface area contributed by atoms with Crippen molar-refractivity contribution in [3.05, 3.63) is 51.7 Å². The lowest BCUT2D eigenvalue weighted by molar-refractivity contribution is 0.0970. The summed E-state index contributed by atoms with van der Waals surface area (Å²) in [6.07, 6.45) is 5.82. The Morgan fingerprint density at radius 2 is 2.11 bits per heavy atom. The molecule has 1 aliphatic carbocycles. The van der Waals surface area contributed by atoms with Gasteiger partial charge in [-0.1, -0.05) is 0 Å². The molecule has 0 fully saturated rings. The van der Waals surface area contributed by atoms with Crippen LogP contribution in [0.15, 0.2) is 29.3 Å². The minimum atomic E-state index is -0.0581. The number of Topliss-reactive ketones (excluding diaryl/α,β-unsaturated/α-hetero) is 1. The molecule has 2 heterocycles. The number of ketones is 1. The quantitative estimate of drug-likeness (QED) is 0.811. The summed E-state index contributed by atoms with van der Waals surface area (Å²) in [5, 5.41) is 4.10. The maximum atomic E-state index is 12.0. The summed E-state index contributed by atoms with van der Waals surface area (Å²) in [6, 6.07) is 3.15. The fourth-order valence-electron chi connectivity index (χ4n) is 2.60. The predicted octanol–water partition coefficient (Wildman–Crippen LogP) is 1.15. The van der Waals surface area contributed by atoms with Gasteiger partial charge in [-0.15, -0.1) is 0 Å². The maximum Gasteiger partial charge on any atom is 0.251 e. The Hall–Kier alpha value is -2.17. The zero-order chi connectivity index (χ0) is 13.4. The second-order valence-corrected chi connectivity index (χ2v) is 4.92. The molecule has 1 aliphatic rings. The van der Waals surface area contributed by atoms with Crippen molar-refractivity contribution in [1.82, 2.24) is 14.3 Å². The molecule has 0 spiro atoms. The number of rotatable bonds is 2. The van der Waals surface area contributed by atoms with Crippen LogP contribution in [-0.4, -0.2) is 20.1 Å². The summed E-state index contributed by atoms with van der Waals surface area (Å²) >= 11 is 0. The van der Waals surface area contributed by atoms with Gasteiger partial charge in [0.15, 0.2) is 5.78 Å². The first kappa shape index (κ1) is 11.9. The molecule has 0 unspecified atom stereocenters. The van der Waals surface area contributed by atoms with Gasteiger partial charge in [-0.05, 0) is 18.9 Å². The minimum Gasteiger partial charge on any atom is -0.307 e. The van der Waals surface area contributed by atoms with Gasteiger partial charge in [0.1, 0.15) is 0 Å². The SMILES string of the molecule is Cn1cc(Cn2c3c(ccc2=O)C(=O)CCC3)cn1. The summed E-state index contributed by atoms with van der Waals surface area (Å²) in [7, 11) is 1.84.